The number of nitrogens with zero attached hydrogens (tertiary/aromatic N) is 2. The number of nitrogens with one attached hydrogen (secondary N) is 1. The molecule has 1 aromatic heterocycles. The normalized spacial score (nSPS) is 15.8. The number of hydrogen-bond donors (Lipinski definition) is 1. The van der Waals surface area contributed by atoms with Gasteiger partial charge >= 0.3 is 0 Å². The smallest absolute Gasteiger partial charge is 0.257 e. The first-order valence-electron chi connectivity index (χ1n) is 8.01. The van der Waals surface area contributed by atoms with E-state index in [1.165, 1.54) is 16.3 Å². The Morgan fingerprint density at radius 2 is 2.08 bits per heavy atom. The highest BCUT2D eigenvalue weighted by molar-refractivity contribution is 7.99. The Hall–Kier alpha value is -2.29. The molecule has 138 valence electrons. The molecular formula is C17H16F3N3O2S. The van der Waals surface area contributed by atoms with Crippen molar-refractivity contribution in [2.75, 3.05) is 11.1 Å². The number of anilines is 1. The van der Waals surface area contributed by atoms with Crippen LogP contribution in [0.15, 0.2) is 22.1 Å². The highest BCUT2D eigenvalue weighted by Crippen LogP contribution is 2.33. The standard InChI is InChI=1S/C17H16F3N3O2S/c1-3-10-8(2)21-17-23(16(10)25)9(7-26-17)6-13(24)22-12-5-4-11(18)14(19)15(12)20/h4-5,9H,3,6-7H2,1-2H3,(H,22,24). The molecule has 1 aromatic carbocycles. The Morgan fingerprint density at radius 1 is 1.35 bits per heavy atom. The van der Waals surface area contributed by atoms with Crippen molar-refractivity contribution in [2.24, 2.45) is 0 Å². The van der Waals surface area contributed by atoms with Crippen LogP contribution in [0.1, 0.15) is 30.6 Å². The van der Waals surface area contributed by atoms with E-state index in [4.69, 9.17) is 0 Å². The summed E-state index contributed by atoms with van der Waals surface area (Å²) in [6.45, 7) is 3.63. The van der Waals surface area contributed by atoms with Gasteiger partial charge in [0.15, 0.2) is 22.6 Å². The maximum absolute atomic E-state index is 13.7. The van der Waals surface area contributed by atoms with Crippen molar-refractivity contribution in [1.29, 1.82) is 0 Å². The van der Waals surface area contributed by atoms with Crippen LogP contribution >= 0.6 is 11.8 Å². The van der Waals surface area contributed by atoms with Crippen molar-refractivity contribution in [3.63, 3.8) is 0 Å². The third-order valence-electron chi connectivity index (χ3n) is 4.24. The molecule has 1 unspecified atom stereocenters. The lowest BCUT2D eigenvalue weighted by Gasteiger charge is -2.15. The van der Waals surface area contributed by atoms with Gasteiger partial charge in [0, 0.05) is 23.4 Å². The highest BCUT2D eigenvalue weighted by atomic mass is 32.2. The molecule has 0 saturated heterocycles. The van der Waals surface area contributed by atoms with Gasteiger partial charge in [0.1, 0.15) is 0 Å². The van der Waals surface area contributed by atoms with Gasteiger partial charge in [0.2, 0.25) is 5.91 Å². The fourth-order valence-electron chi connectivity index (χ4n) is 2.92. The number of carbonyl (C=O) groups is 1. The zero-order chi connectivity index (χ0) is 19.0. The second kappa shape index (κ2) is 7.14. The van der Waals surface area contributed by atoms with E-state index in [1.54, 1.807) is 6.92 Å². The SMILES string of the molecule is CCc1c(C)nc2n(c1=O)C(CC(=O)Nc1ccc(F)c(F)c1F)CS2. The largest absolute Gasteiger partial charge is 0.323 e. The summed E-state index contributed by atoms with van der Waals surface area (Å²) in [6, 6.07) is 1.25. The lowest BCUT2D eigenvalue weighted by atomic mass is 10.1. The number of carbonyl (C=O) groups excluding carboxylic acids is 1. The molecule has 0 radical (unpaired) electrons. The van der Waals surface area contributed by atoms with Crippen LogP contribution < -0.4 is 10.9 Å². The molecule has 3 rings (SSSR count). The summed E-state index contributed by atoms with van der Waals surface area (Å²) < 4.78 is 41.4. The Morgan fingerprint density at radius 3 is 2.77 bits per heavy atom. The van der Waals surface area contributed by atoms with E-state index in [0.717, 1.165) is 12.1 Å². The van der Waals surface area contributed by atoms with E-state index in [-0.39, 0.29) is 12.0 Å². The number of benzene rings is 1. The topological polar surface area (TPSA) is 64.0 Å². The molecule has 1 N–H and O–H groups in total. The first-order valence-corrected chi connectivity index (χ1v) is 9.00. The molecule has 0 aliphatic carbocycles. The molecule has 9 heteroatoms. The van der Waals surface area contributed by atoms with Crippen molar-refractivity contribution < 1.29 is 18.0 Å². The number of aromatic nitrogens is 2. The van der Waals surface area contributed by atoms with E-state index >= 15 is 0 Å². The number of aryl methyl sites for hydroxylation is 1. The van der Waals surface area contributed by atoms with Crippen LogP contribution in [0.4, 0.5) is 18.9 Å². The Bertz CT molecular complexity index is 946. The van der Waals surface area contributed by atoms with E-state index in [0.29, 0.717) is 28.6 Å². The van der Waals surface area contributed by atoms with Crippen LogP contribution in [0.2, 0.25) is 0 Å². The fraction of sp³-hybridized carbons (Fsp3) is 0.353. The number of hydrogen-bond acceptors (Lipinski definition) is 4. The summed E-state index contributed by atoms with van der Waals surface area (Å²) in [5, 5.41) is 2.77. The molecular weight excluding hydrogens is 367 g/mol. The molecule has 0 saturated carbocycles. The van der Waals surface area contributed by atoms with Gasteiger partial charge in [-0.05, 0) is 25.5 Å². The Kier molecular flexibility index (Phi) is 5.08. The minimum atomic E-state index is -1.65. The zero-order valence-electron chi connectivity index (χ0n) is 14.1. The molecule has 1 atom stereocenters. The van der Waals surface area contributed by atoms with E-state index in [1.807, 2.05) is 6.92 Å². The number of thioether (sulfide) groups is 1. The Balaban J connectivity index is 1.81. The predicted octanol–water partition coefficient (Wildman–Crippen LogP) is 3.21. The number of fused-ring (bicyclic) bond motifs is 1. The van der Waals surface area contributed by atoms with Crippen molar-refractivity contribution in [3.05, 3.63) is 51.2 Å². The average molecular weight is 383 g/mol. The van der Waals surface area contributed by atoms with Crippen LogP contribution in [-0.2, 0) is 11.2 Å². The van der Waals surface area contributed by atoms with Crippen LogP contribution in [0.5, 0.6) is 0 Å². The first-order chi connectivity index (χ1) is 12.3. The van der Waals surface area contributed by atoms with Gasteiger partial charge in [-0.1, -0.05) is 18.7 Å². The van der Waals surface area contributed by atoms with E-state index in [9.17, 15) is 22.8 Å². The molecule has 5 nitrogen and oxygen atoms in total. The lowest BCUT2D eigenvalue weighted by Crippen LogP contribution is -2.30. The van der Waals surface area contributed by atoms with Gasteiger partial charge in [-0.3, -0.25) is 14.2 Å². The molecule has 0 fully saturated rings. The second-order valence-electron chi connectivity index (χ2n) is 5.93. The third-order valence-corrected chi connectivity index (χ3v) is 5.33. The minimum Gasteiger partial charge on any atom is -0.323 e. The van der Waals surface area contributed by atoms with Crippen molar-refractivity contribution in [1.82, 2.24) is 9.55 Å². The predicted molar refractivity (Wildman–Crippen MR) is 91.9 cm³/mol. The van der Waals surface area contributed by atoms with Crippen LogP contribution in [0.3, 0.4) is 0 Å². The van der Waals surface area contributed by atoms with Crippen molar-refractivity contribution in [3.8, 4) is 0 Å². The Labute approximate surface area is 151 Å². The van der Waals surface area contributed by atoms with Gasteiger partial charge in [0.05, 0.1) is 11.7 Å². The summed E-state index contributed by atoms with van der Waals surface area (Å²) >= 11 is 1.37. The molecule has 1 aliphatic heterocycles. The van der Waals surface area contributed by atoms with Gasteiger partial charge in [-0.25, -0.2) is 18.2 Å². The molecule has 2 heterocycles. The maximum Gasteiger partial charge on any atom is 0.257 e. The maximum atomic E-state index is 13.7. The molecule has 1 amide bonds. The number of amides is 1. The highest BCUT2D eigenvalue weighted by Gasteiger charge is 2.29. The van der Waals surface area contributed by atoms with Crippen LogP contribution in [-0.4, -0.2) is 21.2 Å². The van der Waals surface area contributed by atoms with Gasteiger partial charge < -0.3 is 5.32 Å². The van der Waals surface area contributed by atoms with Gasteiger partial charge in [-0.15, -0.1) is 0 Å². The molecule has 0 spiro atoms. The molecule has 1 aliphatic rings. The van der Waals surface area contributed by atoms with Crippen molar-refractivity contribution >= 4 is 23.4 Å². The summed E-state index contributed by atoms with van der Waals surface area (Å²) in [7, 11) is 0. The minimum absolute atomic E-state index is 0.105. The summed E-state index contributed by atoms with van der Waals surface area (Å²) in [5.74, 6) is -4.56. The molecule has 0 bridgehead atoms. The lowest BCUT2D eigenvalue weighted by molar-refractivity contribution is -0.116. The van der Waals surface area contributed by atoms with Crippen LogP contribution in [0, 0.1) is 24.4 Å². The average Bonchev–Trinajstić information content (AvgIpc) is 2.98. The fourth-order valence-corrected chi connectivity index (χ4v) is 4.10. The summed E-state index contributed by atoms with van der Waals surface area (Å²) in [4.78, 5) is 29.3. The molecule has 26 heavy (non-hydrogen) atoms. The first kappa shape index (κ1) is 18.5. The second-order valence-corrected chi connectivity index (χ2v) is 6.91. The quantitative estimate of drug-likeness (QED) is 0.651. The number of halogens is 3. The van der Waals surface area contributed by atoms with Gasteiger partial charge in [0.25, 0.3) is 5.56 Å². The monoisotopic (exact) mass is 383 g/mol. The van der Waals surface area contributed by atoms with Gasteiger partial charge in [-0.2, -0.15) is 0 Å². The van der Waals surface area contributed by atoms with Crippen molar-refractivity contribution in [2.45, 2.75) is 37.9 Å². The summed E-state index contributed by atoms with van der Waals surface area (Å²) in [5.41, 5.74) is 0.638. The third kappa shape index (κ3) is 3.23. The zero-order valence-corrected chi connectivity index (χ0v) is 14.9. The van der Waals surface area contributed by atoms with E-state index in [2.05, 4.69) is 10.3 Å². The summed E-state index contributed by atoms with van der Waals surface area (Å²) in [6.07, 6.45) is 0.424. The number of rotatable bonds is 4. The van der Waals surface area contributed by atoms with E-state index < -0.39 is 35.1 Å². The van der Waals surface area contributed by atoms with Crippen LogP contribution in [0.25, 0.3) is 0 Å². The molecule has 2 aromatic rings.